The second-order valence-corrected chi connectivity index (χ2v) is 11.2. The van der Waals surface area contributed by atoms with Gasteiger partial charge in [-0.25, -0.2) is 9.18 Å². The zero-order valence-electron chi connectivity index (χ0n) is 14.2. The van der Waals surface area contributed by atoms with Crippen molar-refractivity contribution < 1.29 is 18.7 Å². The van der Waals surface area contributed by atoms with Crippen molar-refractivity contribution in [3.05, 3.63) is 52.1 Å². The summed E-state index contributed by atoms with van der Waals surface area (Å²) >= 11 is 21.0. The third-order valence-electron chi connectivity index (χ3n) is 3.76. The summed E-state index contributed by atoms with van der Waals surface area (Å²) in [5.41, 5.74) is 0.936. The number of halogens is 5. The van der Waals surface area contributed by atoms with E-state index in [9.17, 15) is 9.18 Å². The van der Waals surface area contributed by atoms with Crippen LogP contribution in [0.4, 0.5) is 4.39 Å². The Balaban J connectivity index is 1.39. The fourth-order valence-electron chi connectivity index (χ4n) is 2.39. The second-order valence-electron chi connectivity index (χ2n) is 5.74. The first-order valence-corrected chi connectivity index (χ1v) is 12.1. The molecule has 0 bridgehead atoms. The largest absolute Gasteiger partial charge is 0.461 e. The summed E-state index contributed by atoms with van der Waals surface area (Å²) in [7, 11) is 0. The molecule has 0 atom stereocenters. The van der Waals surface area contributed by atoms with Crippen LogP contribution in [0.1, 0.15) is 28.1 Å². The van der Waals surface area contributed by atoms with Crippen LogP contribution >= 0.6 is 77.7 Å². The number of benzene rings is 1. The molecule has 0 spiro atoms. The van der Waals surface area contributed by atoms with Crippen LogP contribution in [0, 0.1) is 5.82 Å². The monoisotopic (exact) mass is 588 g/mol. The number of rotatable bonds is 8. The van der Waals surface area contributed by atoms with E-state index in [0.29, 0.717) is 50.0 Å². The van der Waals surface area contributed by atoms with Crippen molar-refractivity contribution in [2.24, 2.45) is 0 Å². The number of carbonyl (C=O) groups is 1. The van der Waals surface area contributed by atoms with Gasteiger partial charge in [-0.3, -0.25) is 0 Å². The van der Waals surface area contributed by atoms with Crippen molar-refractivity contribution in [3.63, 3.8) is 0 Å². The summed E-state index contributed by atoms with van der Waals surface area (Å²) < 4.78 is 27.4. The molecule has 150 valence electrons. The van der Waals surface area contributed by atoms with Gasteiger partial charge in [0.15, 0.2) is 5.82 Å². The first-order chi connectivity index (χ1) is 13.4. The number of ether oxygens (including phenoxy) is 2. The summed E-state index contributed by atoms with van der Waals surface area (Å²) in [5.74, 6) is -1.18. The van der Waals surface area contributed by atoms with Crippen LogP contribution in [0.2, 0.25) is 10.0 Å². The summed E-state index contributed by atoms with van der Waals surface area (Å²) in [6.45, 7) is 1.15. The molecule has 0 unspecified atom stereocenters. The Morgan fingerprint density at radius 2 is 1.82 bits per heavy atom. The van der Waals surface area contributed by atoms with Crippen LogP contribution in [0.15, 0.2) is 25.8 Å². The van der Waals surface area contributed by atoms with Crippen LogP contribution in [0.3, 0.4) is 0 Å². The molecule has 2 heterocycles. The molecule has 3 aromatic rings. The van der Waals surface area contributed by atoms with E-state index < -0.39 is 11.8 Å². The van der Waals surface area contributed by atoms with E-state index >= 15 is 0 Å². The van der Waals surface area contributed by atoms with Gasteiger partial charge >= 0.3 is 5.97 Å². The number of thiophene rings is 2. The van der Waals surface area contributed by atoms with Crippen LogP contribution in [-0.4, -0.2) is 19.2 Å². The fourth-order valence-corrected chi connectivity index (χ4v) is 7.15. The average molecular weight is 591 g/mol. The number of hydrogen-bond donors (Lipinski definition) is 0. The number of fused-ring (bicyclic) bond motifs is 1. The lowest BCUT2D eigenvalue weighted by Crippen LogP contribution is -2.07. The van der Waals surface area contributed by atoms with Gasteiger partial charge in [0.1, 0.15) is 4.88 Å². The lowest BCUT2D eigenvalue weighted by molar-refractivity contribution is 0.0479. The Morgan fingerprint density at radius 1 is 1.07 bits per heavy atom. The highest BCUT2D eigenvalue weighted by atomic mass is 79.9. The molecule has 0 saturated carbocycles. The van der Waals surface area contributed by atoms with E-state index in [1.165, 1.54) is 11.3 Å². The van der Waals surface area contributed by atoms with Gasteiger partial charge in [0.25, 0.3) is 0 Å². The Kier molecular flexibility index (Phi) is 8.18. The van der Waals surface area contributed by atoms with E-state index in [0.717, 1.165) is 20.7 Å². The molecule has 3 rings (SSSR count). The zero-order valence-corrected chi connectivity index (χ0v) is 20.5. The van der Waals surface area contributed by atoms with Gasteiger partial charge in [-0.2, -0.15) is 0 Å². The second kappa shape index (κ2) is 10.2. The lowest BCUT2D eigenvalue weighted by Gasteiger charge is -2.06. The van der Waals surface area contributed by atoms with Gasteiger partial charge < -0.3 is 9.47 Å². The topological polar surface area (TPSA) is 35.5 Å². The summed E-state index contributed by atoms with van der Waals surface area (Å²) in [5, 5.41) is 1.42. The molecule has 2 aromatic heterocycles. The summed E-state index contributed by atoms with van der Waals surface area (Å²) in [4.78, 5) is 12.2. The normalized spacial score (nSPS) is 11.3. The van der Waals surface area contributed by atoms with E-state index in [2.05, 4.69) is 31.9 Å². The van der Waals surface area contributed by atoms with Crippen molar-refractivity contribution in [2.75, 3.05) is 13.2 Å². The van der Waals surface area contributed by atoms with Crippen molar-refractivity contribution in [1.82, 2.24) is 0 Å². The van der Waals surface area contributed by atoms with Gasteiger partial charge in [0.05, 0.1) is 40.9 Å². The molecule has 1 aromatic carbocycles. The van der Waals surface area contributed by atoms with Crippen molar-refractivity contribution >= 4 is 93.8 Å². The molecule has 0 radical (unpaired) electrons. The van der Waals surface area contributed by atoms with E-state index in [-0.39, 0.29) is 11.5 Å². The fraction of sp³-hybridized carbons (Fsp3) is 0.278. The third kappa shape index (κ3) is 5.28. The van der Waals surface area contributed by atoms with Crippen LogP contribution in [0.25, 0.3) is 10.1 Å². The van der Waals surface area contributed by atoms with Gasteiger partial charge in [0, 0.05) is 6.61 Å². The molecule has 0 amide bonds. The standard InChI is InChI=1S/C18H13Br2Cl2FO3S2/c19-16-12-13(23)15(27-14(12)17(20)28-16)18(24)26-6-2-1-5-25-8-9-3-4-10(21)11(22)7-9/h3-4,7H,1-2,5-6,8H2. The maximum absolute atomic E-state index is 14.5. The Hall–Kier alpha value is -0.220. The quantitative estimate of drug-likeness (QED) is 0.196. The smallest absolute Gasteiger partial charge is 0.351 e. The predicted octanol–water partition coefficient (Wildman–Crippen LogP) is 8.09. The van der Waals surface area contributed by atoms with E-state index in [1.54, 1.807) is 12.1 Å². The number of hydrogen-bond acceptors (Lipinski definition) is 5. The predicted molar refractivity (Wildman–Crippen MR) is 121 cm³/mol. The molecule has 10 heteroatoms. The highest BCUT2D eigenvalue weighted by Gasteiger charge is 2.24. The Morgan fingerprint density at radius 3 is 2.54 bits per heavy atom. The molecular formula is C18H13Br2Cl2FO3S2. The highest BCUT2D eigenvalue weighted by molar-refractivity contribution is 9.12. The molecule has 0 saturated heterocycles. The number of esters is 1. The first-order valence-electron chi connectivity index (χ1n) is 8.13. The number of carbonyl (C=O) groups excluding carboxylic acids is 1. The molecule has 3 nitrogen and oxygen atoms in total. The van der Waals surface area contributed by atoms with E-state index in [4.69, 9.17) is 32.7 Å². The molecule has 0 aliphatic heterocycles. The van der Waals surface area contributed by atoms with Gasteiger partial charge in [-0.15, -0.1) is 22.7 Å². The van der Waals surface area contributed by atoms with Crippen LogP contribution in [-0.2, 0) is 16.1 Å². The Bertz CT molecular complexity index is 1010. The van der Waals surface area contributed by atoms with E-state index in [1.807, 2.05) is 6.07 Å². The third-order valence-corrected chi connectivity index (χ3v) is 8.58. The maximum atomic E-state index is 14.5. The average Bonchev–Trinajstić information content (AvgIpc) is 3.14. The molecular weight excluding hydrogens is 578 g/mol. The molecule has 0 aliphatic carbocycles. The van der Waals surface area contributed by atoms with Crippen LogP contribution in [0.5, 0.6) is 0 Å². The minimum absolute atomic E-state index is 0.00457. The summed E-state index contributed by atoms with van der Waals surface area (Å²) in [6.07, 6.45) is 1.34. The van der Waals surface area contributed by atoms with Crippen molar-refractivity contribution in [1.29, 1.82) is 0 Å². The lowest BCUT2D eigenvalue weighted by atomic mass is 10.2. The summed E-state index contributed by atoms with van der Waals surface area (Å²) in [6, 6.07) is 5.35. The van der Waals surface area contributed by atoms with Crippen molar-refractivity contribution in [3.8, 4) is 0 Å². The molecule has 0 aliphatic rings. The molecule has 0 fully saturated rings. The highest BCUT2D eigenvalue weighted by Crippen LogP contribution is 2.45. The maximum Gasteiger partial charge on any atom is 0.351 e. The zero-order chi connectivity index (χ0) is 20.3. The van der Waals surface area contributed by atoms with Gasteiger partial charge in [0.2, 0.25) is 0 Å². The number of unbranched alkanes of at least 4 members (excludes halogenated alkanes) is 1. The van der Waals surface area contributed by atoms with Gasteiger partial charge in [-0.1, -0.05) is 29.3 Å². The van der Waals surface area contributed by atoms with Crippen molar-refractivity contribution in [2.45, 2.75) is 19.4 Å². The van der Waals surface area contributed by atoms with Crippen LogP contribution < -0.4 is 0 Å². The molecule has 28 heavy (non-hydrogen) atoms. The SMILES string of the molecule is O=C(OCCCCOCc1ccc(Cl)c(Cl)c1)c1sc2c(Br)sc(Br)c2c1F. The van der Waals surface area contributed by atoms with Gasteiger partial charge in [-0.05, 0) is 62.4 Å². The Labute approximate surface area is 196 Å². The first kappa shape index (κ1) is 22.5. The minimum atomic E-state index is -0.640. The minimum Gasteiger partial charge on any atom is -0.461 e. The molecule has 0 N–H and O–H groups in total.